The van der Waals surface area contributed by atoms with E-state index in [2.05, 4.69) is 6.92 Å². The van der Waals surface area contributed by atoms with Crippen LogP contribution in [0.15, 0.2) is 12.1 Å². The lowest BCUT2D eigenvalue weighted by atomic mass is 10.0. The first-order valence-corrected chi connectivity index (χ1v) is 7.01. The van der Waals surface area contributed by atoms with Gasteiger partial charge in [0.15, 0.2) is 5.78 Å². The molecule has 3 rings (SSSR count). The molecule has 0 spiro atoms. The van der Waals surface area contributed by atoms with Gasteiger partial charge in [0, 0.05) is 23.2 Å². The molecule has 1 heterocycles. The summed E-state index contributed by atoms with van der Waals surface area (Å²) in [5.74, 6) is 0.499. The van der Waals surface area contributed by atoms with Crippen LogP contribution in [0.25, 0.3) is 0 Å². The van der Waals surface area contributed by atoms with Crippen molar-refractivity contribution in [1.82, 2.24) is 4.90 Å². The minimum absolute atomic E-state index is 0.0173. The molecule has 1 atom stereocenters. The van der Waals surface area contributed by atoms with Crippen molar-refractivity contribution in [2.24, 2.45) is 5.92 Å². The summed E-state index contributed by atoms with van der Waals surface area (Å²) in [4.78, 5) is 26.1. The number of amides is 1. The van der Waals surface area contributed by atoms with Crippen molar-refractivity contribution in [3.63, 3.8) is 0 Å². The van der Waals surface area contributed by atoms with Crippen molar-refractivity contribution < 1.29 is 9.59 Å². The van der Waals surface area contributed by atoms with E-state index in [-0.39, 0.29) is 17.7 Å². The van der Waals surface area contributed by atoms with Gasteiger partial charge in [-0.15, -0.1) is 0 Å². The maximum absolute atomic E-state index is 12.5. The van der Waals surface area contributed by atoms with Crippen molar-refractivity contribution in [3.8, 4) is 0 Å². The van der Waals surface area contributed by atoms with Crippen LogP contribution >= 0.6 is 11.6 Å². The van der Waals surface area contributed by atoms with Gasteiger partial charge >= 0.3 is 0 Å². The van der Waals surface area contributed by atoms with Gasteiger partial charge in [-0.05, 0) is 50.3 Å². The van der Waals surface area contributed by atoms with Crippen LogP contribution in [0.1, 0.15) is 53.0 Å². The monoisotopic (exact) mass is 277 g/mol. The van der Waals surface area contributed by atoms with E-state index in [1.807, 2.05) is 4.90 Å². The van der Waals surface area contributed by atoms with E-state index in [1.165, 1.54) is 19.8 Å². The number of rotatable bonds is 3. The Hall–Kier alpha value is -1.35. The van der Waals surface area contributed by atoms with Crippen molar-refractivity contribution in [2.45, 2.75) is 39.3 Å². The third-order valence-electron chi connectivity index (χ3n) is 4.18. The smallest absolute Gasteiger partial charge is 0.255 e. The molecule has 1 aromatic rings. The molecule has 1 fully saturated rings. The molecule has 1 aliphatic carbocycles. The van der Waals surface area contributed by atoms with Crippen molar-refractivity contribution in [3.05, 3.63) is 33.8 Å². The highest BCUT2D eigenvalue weighted by molar-refractivity contribution is 6.31. The summed E-state index contributed by atoms with van der Waals surface area (Å²) in [6, 6.07) is 3.66. The van der Waals surface area contributed by atoms with Gasteiger partial charge in [0.1, 0.15) is 0 Å². The number of benzene rings is 1. The minimum Gasteiger partial charge on any atom is -0.331 e. The quantitative estimate of drug-likeness (QED) is 0.795. The molecule has 0 radical (unpaired) electrons. The average molecular weight is 278 g/mol. The van der Waals surface area contributed by atoms with Gasteiger partial charge in [-0.3, -0.25) is 9.59 Å². The SMILES string of the molecule is CC(=O)c1cc(Cl)cc2c1C(=O)N([C@@H](C)C1CC1)C2. The molecule has 0 bridgehead atoms. The second kappa shape index (κ2) is 4.34. The number of Topliss-reactive ketones (excluding diaryl/α,β-unsaturated/α-hetero) is 1. The van der Waals surface area contributed by atoms with E-state index in [9.17, 15) is 9.59 Å². The first kappa shape index (κ1) is 12.7. The summed E-state index contributed by atoms with van der Waals surface area (Å²) in [6.45, 7) is 4.15. The molecule has 3 nitrogen and oxygen atoms in total. The van der Waals surface area contributed by atoms with Gasteiger partial charge in [-0.25, -0.2) is 0 Å². The Kier molecular flexibility index (Phi) is 2.90. The molecule has 0 aromatic heterocycles. The second-order valence-electron chi connectivity index (χ2n) is 5.55. The van der Waals surface area contributed by atoms with Crippen LogP contribution in [-0.4, -0.2) is 22.6 Å². The van der Waals surface area contributed by atoms with E-state index in [4.69, 9.17) is 11.6 Å². The van der Waals surface area contributed by atoms with Gasteiger partial charge in [0.05, 0.1) is 5.56 Å². The number of halogens is 1. The molecular weight excluding hydrogens is 262 g/mol. The Balaban J connectivity index is 2.02. The molecule has 1 aromatic carbocycles. The minimum atomic E-state index is -0.104. The van der Waals surface area contributed by atoms with Gasteiger partial charge in [-0.1, -0.05) is 11.6 Å². The van der Waals surface area contributed by atoms with Crippen molar-refractivity contribution in [1.29, 1.82) is 0 Å². The van der Waals surface area contributed by atoms with E-state index in [1.54, 1.807) is 12.1 Å². The first-order valence-electron chi connectivity index (χ1n) is 6.63. The predicted octanol–water partition coefficient (Wildman–Crippen LogP) is 3.30. The molecule has 1 saturated carbocycles. The number of hydrogen-bond donors (Lipinski definition) is 0. The number of ketones is 1. The fourth-order valence-corrected chi connectivity index (χ4v) is 3.12. The molecule has 19 heavy (non-hydrogen) atoms. The third kappa shape index (κ3) is 2.06. The summed E-state index contributed by atoms with van der Waals surface area (Å²) in [6.07, 6.45) is 2.39. The molecule has 1 aliphatic heterocycles. The Bertz CT molecular complexity index is 578. The number of carbonyl (C=O) groups is 2. The zero-order chi connectivity index (χ0) is 13.7. The largest absolute Gasteiger partial charge is 0.331 e. The zero-order valence-electron chi connectivity index (χ0n) is 11.1. The molecule has 2 aliphatic rings. The lowest BCUT2D eigenvalue weighted by Crippen LogP contribution is -2.35. The Morgan fingerprint density at radius 3 is 2.68 bits per heavy atom. The van der Waals surface area contributed by atoms with Gasteiger partial charge < -0.3 is 4.90 Å². The first-order chi connectivity index (χ1) is 8.99. The van der Waals surface area contributed by atoms with Crippen molar-refractivity contribution >= 4 is 23.3 Å². The summed E-state index contributed by atoms with van der Waals surface area (Å²) < 4.78 is 0. The van der Waals surface area contributed by atoms with E-state index < -0.39 is 0 Å². The Labute approximate surface area is 117 Å². The van der Waals surface area contributed by atoms with Crippen LogP contribution in [0, 0.1) is 5.92 Å². The van der Waals surface area contributed by atoms with Crippen LogP contribution in [0.3, 0.4) is 0 Å². The Morgan fingerprint density at radius 1 is 1.42 bits per heavy atom. The van der Waals surface area contributed by atoms with Crippen LogP contribution in [0.4, 0.5) is 0 Å². The van der Waals surface area contributed by atoms with Crippen LogP contribution < -0.4 is 0 Å². The van der Waals surface area contributed by atoms with E-state index >= 15 is 0 Å². The molecule has 0 unspecified atom stereocenters. The number of hydrogen-bond acceptors (Lipinski definition) is 2. The maximum atomic E-state index is 12.5. The fourth-order valence-electron chi connectivity index (χ4n) is 2.88. The fraction of sp³-hybridized carbons (Fsp3) is 0.467. The summed E-state index contributed by atoms with van der Waals surface area (Å²) in [5.41, 5.74) is 1.90. The van der Waals surface area contributed by atoms with Crippen LogP contribution in [0.5, 0.6) is 0 Å². The van der Waals surface area contributed by atoms with Crippen LogP contribution in [-0.2, 0) is 6.54 Å². The van der Waals surface area contributed by atoms with Gasteiger partial charge in [0.2, 0.25) is 0 Å². The Morgan fingerprint density at radius 2 is 2.11 bits per heavy atom. The second-order valence-corrected chi connectivity index (χ2v) is 5.99. The molecule has 4 heteroatoms. The average Bonchev–Trinajstić information content (AvgIpc) is 3.13. The van der Waals surface area contributed by atoms with E-state index in [0.717, 1.165) is 5.56 Å². The number of nitrogens with zero attached hydrogens (tertiary/aromatic N) is 1. The lowest BCUT2D eigenvalue weighted by Gasteiger charge is -2.24. The van der Waals surface area contributed by atoms with Crippen LogP contribution in [0.2, 0.25) is 5.02 Å². The van der Waals surface area contributed by atoms with Crippen molar-refractivity contribution in [2.75, 3.05) is 0 Å². The number of fused-ring (bicyclic) bond motifs is 1. The maximum Gasteiger partial charge on any atom is 0.255 e. The summed E-state index contributed by atoms with van der Waals surface area (Å²) in [5, 5.41) is 0.526. The third-order valence-corrected chi connectivity index (χ3v) is 4.39. The highest BCUT2D eigenvalue weighted by Gasteiger charge is 2.39. The normalized spacial score (nSPS) is 19.5. The van der Waals surface area contributed by atoms with E-state index in [0.29, 0.717) is 28.6 Å². The summed E-state index contributed by atoms with van der Waals surface area (Å²) >= 11 is 6.04. The molecular formula is C15H16ClNO2. The molecule has 0 saturated heterocycles. The standard InChI is InChI=1S/C15H16ClNO2/c1-8(10-3-4-10)17-7-11-5-12(16)6-13(9(2)18)14(11)15(17)19/h5-6,8,10H,3-4,7H2,1-2H3/t8-/m0/s1. The molecule has 100 valence electrons. The zero-order valence-corrected chi connectivity index (χ0v) is 11.8. The van der Waals surface area contributed by atoms with Gasteiger partial charge in [0.25, 0.3) is 5.91 Å². The molecule has 0 N–H and O–H groups in total. The molecule has 1 amide bonds. The highest BCUT2D eigenvalue weighted by atomic mass is 35.5. The summed E-state index contributed by atoms with van der Waals surface area (Å²) in [7, 11) is 0. The lowest BCUT2D eigenvalue weighted by molar-refractivity contribution is 0.0694. The topological polar surface area (TPSA) is 37.4 Å². The number of carbonyl (C=O) groups excluding carboxylic acids is 2. The predicted molar refractivity (Wildman–Crippen MR) is 73.5 cm³/mol. The van der Waals surface area contributed by atoms with Gasteiger partial charge in [-0.2, -0.15) is 0 Å². The highest BCUT2D eigenvalue weighted by Crippen LogP contribution is 2.39.